The summed E-state index contributed by atoms with van der Waals surface area (Å²) in [5.74, 6) is 0. The van der Waals surface area contributed by atoms with E-state index in [1.165, 1.54) is 0 Å². The molecule has 1 N–H and O–H groups in total. The Labute approximate surface area is 608 Å². The Kier molecular flexibility index (Phi) is 27.9. The van der Waals surface area contributed by atoms with Gasteiger partial charge in [-0.1, -0.05) is 303 Å². The van der Waals surface area contributed by atoms with Crippen molar-refractivity contribution in [2.45, 2.75) is 156 Å². The minimum atomic E-state index is -1.19. The number of thioether (sulfide) groups is 1. The maximum atomic E-state index is 11.5. The molecule has 3 aliphatic heterocycles. The molecule has 0 bridgehead atoms. The highest BCUT2D eigenvalue weighted by atomic mass is 32.2. The van der Waals surface area contributed by atoms with Gasteiger partial charge in [0.25, 0.3) is 0 Å². The fourth-order valence-electron chi connectivity index (χ4n) is 13.0. The van der Waals surface area contributed by atoms with E-state index in [0.717, 1.165) is 55.0 Å². The van der Waals surface area contributed by atoms with Gasteiger partial charge in [0, 0.05) is 4.90 Å². The molecule has 0 aromatic heterocycles. The Balaban J connectivity index is 0.881. The highest BCUT2D eigenvalue weighted by Crippen LogP contribution is 2.41. The minimum Gasteiger partial charge on any atom is -0.394 e. The molecule has 3 saturated heterocycles. The van der Waals surface area contributed by atoms with Crippen LogP contribution in [-0.4, -0.2) is 116 Å². The maximum Gasteiger partial charge on any atom is 0.187 e. The van der Waals surface area contributed by atoms with Gasteiger partial charge in [0.15, 0.2) is 12.6 Å². The van der Waals surface area contributed by atoms with Gasteiger partial charge in [-0.15, -0.1) is 0 Å². The Morgan fingerprint density at radius 3 is 0.718 bits per heavy atom. The lowest BCUT2D eigenvalue weighted by molar-refractivity contribution is -0.356. The van der Waals surface area contributed by atoms with E-state index in [4.69, 9.17) is 66.3 Å². The van der Waals surface area contributed by atoms with Crippen molar-refractivity contribution in [2.24, 2.45) is 0 Å². The van der Waals surface area contributed by atoms with Crippen LogP contribution in [0.5, 0.6) is 0 Å². The molecule has 15 atom stereocenters. The van der Waals surface area contributed by atoms with Gasteiger partial charge in [-0.3, -0.25) is 0 Å². The molecule has 0 amide bonds. The second kappa shape index (κ2) is 39.2. The summed E-state index contributed by atoms with van der Waals surface area (Å²) in [4.78, 5) is 0.975. The van der Waals surface area contributed by atoms with E-state index in [2.05, 4.69) is 36.4 Å². The fourth-order valence-corrected chi connectivity index (χ4v) is 14.2. The molecule has 15 nitrogen and oxygen atoms in total. The van der Waals surface area contributed by atoms with Gasteiger partial charge in [0.1, 0.15) is 78.7 Å². The highest BCUT2D eigenvalue weighted by molar-refractivity contribution is 7.99. The predicted octanol–water partition coefficient (Wildman–Crippen LogP) is 15.2. The second-order valence-electron chi connectivity index (χ2n) is 25.8. The van der Waals surface area contributed by atoms with E-state index >= 15 is 0 Å². The molecule has 10 aromatic rings. The first-order valence-corrected chi connectivity index (χ1v) is 36.3. The smallest absolute Gasteiger partial charge is 0.187 e. The molecule has 3 aliphatic rings. The number of hydrogen-bond donors (Lipinski definition) is 1. The quantitative estimate of drug-likeness (QED) is 0.0396. The van der Waals surface area contributed by atoms with Crippen LogP contribution in [0.25, 0.3) is 0 Å². The minimum absolute atomic E-state index is 0.0869. The summed E-state index contributed by atoms with van der Waals surface area (Å²) < 4.78 is 101. The molecule has 0 radical (unpaired) electrons. The van der Waals surface area contributed by atoms with Crippen molar-refractivity contribution in [3.8, 4) is 0 Å². The molecule has 0 spiro atoms. The summed E-state index contributed by atoms with van der Waals surface area (Å²) in [6.45, 7) is 1.20. The van der Waals surface area contributed by atoms with Gasteiger partial charge < -0.3 is 71.4 Å². The molecule has 13 rings (SSSR count). The third-order valence-corrected chi connectivity index (χ3v) is 19.5. The zero-order valence-electron chi connectivity index (χ0n) is 57.6. The summed E-state index contributed by atoms with van der Waals surface area (Å²) in [5, 5.41) is 11.5. The zero-order valence-corrected chi connectivity index (χ0v) is 58.4. The van der Waals surface area contributed by atoms with Gasteiger partial charge in [-0.2, -0.15) is 0 Å². The predicted molar refractivity (Wildman–Crippen MR) is 392 cm³/mol. The molecular formula is C87H90O15S. The summed E-state index contributed by atoms with van der Waals surface area (Å²) in [6.07, 6.45) is -12.6. The van der Waals surface area contributed by atoms with Crippen LogP contribution in [0.2, 0.25) is 0 Å². The number of aliphatic hydroxyl groups is 1. The zero-order chi connectivity index (χ0) is 69.9. The monoisotopic (exact) mass is 1410 g/mol. The lowest BCUT2D eigenvalue weighted by atomic mass is 9.96. The highest BCUT2D eigenvalue weighted by Gasteiger charge is 2.54. The van der Waals surface area contributed by atoms with E-state index < -0.39 is 97.9 Å². The van der Waals surface area contributed by atoms with Crippen LogP contribution >= 0.6 is 11.8 Å². The third-order valence-electron chi connectivity index (χ3n) is 18.4. The molecule has 0 saturated carbocycles. The summed E-state index contributed by atoms with van der Waals surface area (Å²) in [5.41, 5.74) is 7.87. The van der Waals surface area contributed by atoms with Crippen LogP contribution in [0.1, 0.15) is 50.1 Å². The Morgan fingerprint density at radius 1 is 0.223 bits per heavy atom. The van der Waals surface area contributed by atoms with E-state index in [1.807, 2.05) is 267 Å². The van der Waals surface area contributed by atoms with Gasteiger partial charge >= 0.3 is 0 Å². The number of rotatable bonds is 36. The van der Waals surface area contributed by atoms with Crippen LogP contribution in [0, 0.1) is 0 Å². The topological polar surface area (TPSA) is 149 Å². The van der Waals surface area contributed by atoms with Crippen molar-refractivity contribution in [1.29, 1.82) is 0 Å². The maximum absolute atomic E-state index is 11.5. The molecule has 534 valence electrons. The van der Waals surface area contributed by atoms with Gasteiger partial charge in [-0.05, 0) is 62.2 Å². The summed E-state index contributed by atoms with van der Waals surface area (Å²) in [7, 11) is 0. The molecule has 10 aromatic carbocycles. The molecule has 6 unspecified atom stereocenters. The van der Waals surface area contributed by atoms with E-state index in [1.54, 1.807) is 11.8 Å². The average Bonchev–Trinajstić information content (AvgIpc) is 0.835. The first-order chi connectivity index (χ1) is 51.0. The summed E-state index contributed by atoms with van der Waals surface area (Å²) >= 11 is 1.56. The molecule has 16 heteroatoms. The average molecular weight is 1410 g/mol. The van der Waals surface area contributed by atoms with Crippen molar-refractivity contribution in [3.63, 3.8) is 0 Å². The normalized spacial score (nSPS) is 24.9. The van der Waals surface area contributed by atoms with Crippen LogP contribution in [0.4, 0.5) is 0 Å². The van der Waals surface area contributed by atoms with Crippen molar-refractivity contribution in [3.05, 3.63) is 353 Å². The Morgan fingerprint density at radius 2 is 0.437 bits per heavy atom. The number of hydrogen-bond acceptors (Lipinski definition) is 16. The van der Waals surface area contributed by atoms with E-state index in [9.17, 15) is 5.11 Å². The SMILES string of the molecule is OCC1O[C@@H](OCC2O[C@@H](OCC3O[C@@H](Sc4ccccc4)C(OCc4ccccc4)[C@@H](OCc4ccccc4)[C@H]3OCc3ccccc3)C(OCc3ccccc3)[C@@H](OCc3ccccc3)[C@H]2OCc2ccccc2)C(OCc2ccccc2)[C@@H](OCc2ccccc2)[C@H]1OCc1ccccc1. The molecule has 3 fully saturated rings. The van der Waals surface area contributed by atoms with E-state index in [-0.39, 0.29) is 72.7 Å². The Bertz CT molecular complexity index is 3950. The van der Waals surface area contributed by atoms with E-state index in [0.29, 0.717) is 0 Å². The molecule has 0 aliphatic carbocycles. The molecule has 3 heterocycles. The van der Waals surface area contributed by atoms with Crippen LogP contribution in [-0.2, 0) is 126 Å². The van der Waals surface area contributed by atoms with Crippen molar-refractivity contribution in [2.75, 3.05) is 19.8 Å². The fraction of sp³-hybridized carbons (Fsp3) is 0.310. The molecular weight excluding hydrogens is 1320 g/mol. The number of aliphatic hydroxyl groups excluding tert-OH is 1. The first kappa shape index (κ1) is 73.3. The standard InChI is InChI=1S/C87H90O15S/c88-51-73-76(89-52-63-31-11-1-12-32-63)79(92-55-66-37-17-4-18-38-66)82(95-58-69-43-23-7-24-44-69)85(100-73)98-61-74-77(90-53-64-33-13-2-14-34-64)80(93-56-67-39-19-5-20-40-67)83(96-59-70-45-25-8-26-46-70)86(101-74)99-62-75-78(91-54-65-35-15-3-16-36-65)81(94-57-68-41-21-6-22-42-68)84(97-60-71-47-27-9-28-48-71)87(102-75)103-72-49-29-10-30-50-72/h1-50,73-88H,51-62H2/t73?,74?,75?,76-,77-,78-,79-,80-,81-,82?,83?,84?,85+,86+,87-/m0/s1. The number of ether oxygens (including phenoxy) is 14. The second-order valence-corrected chi connectivity index (χ2v) is 26.9. The van der Waals surface area contributed by atoms with Crippen molar-refractivity contribution >= 4 is 11.8 Å². The summed E-state index contributed by atoms with van der Waals surface area (Å²) in [6, 6.07) is 100. The number of benzene rings is 10. The lowest BCUT2D eigenvalue weighted by Gasteiger charge is -2.49. The first-order valence-electron chi connectivity index (χ1n) is 35.5. The lowest BCUT2D eigenvalue weighted by Crippen LogP contribution is -2.64. The van der Waals surface area contributed by atoms with Crippen LogP contribution in [0.3, 0.4) is 0 Å². The van der Waals surface area contributed by atoms with Crippen LogP contribution in [0.15, 0.2) is 308 Å². The Hall–Kier alpha value is -8.05. The largest absolute Gasteiger partial charge is 0.394 e. The van der Waals surface area contributed by atoms with Gasteiger partial charge in [0.2, 0.25) is 0 Å². The molecule has 103 heavy (non-hydrogen) atoms. The third kappa shape index (κ3) is 21.3. The van der Waals surface area contributed by atoms with Crippen molar-refractivity contribution in [1.82, 2.24) is 0 Å². The van der Waals surface area contributed by atoms with Gasteiger partial charge in [0.05, 0.1) is 79.3 Å². The van der Waals surface area contributed by atoms with Crippen molar-refractivity contribution < 1.29 is 71.4 Å². The van der Waals surface area contributed by atoms with Crippen LogP contribution < -0.4 is 0 Å². The van der Waals surface area contributed by atoms with Gasteiger partial charge in [-0.25, -0.2) is 0 Å².